The van der Waals surface area contributed by atoms with E-state index in [9.17, 15) is 4.79 Å². The van der Waals surface area contributed by atoms with Gasteiger partial charge in [-0.05, 0) is 55.0 Å². The van der Waals surface area contributed by atoms with Gasteiger partial charge in [-0.2, -0.15) is 0 Å². The van der Waals surface area contributed by atoms with Gasteiger partial charge < -0.3 is 4.74 Å². The van der Waals surface area contributed by atoms with Gasteiger partial charge in [0.15, 0.2) is 5.78 Å². The van der Waals surface area contributed by atoms with E-state index in [0.29, 0.717) is 22.1 Å². The number of benzene rings is 2. The quantitative estimate of drug-likeness (QED) is 0.525. The third kappa shape index (κ3) is 3.84. The number of Topliss-reactive ketones (excluding diaryl/α,β-unsaturated/α-hetero) is 1. The largest absolute Gasteiger partial charge is 0.457 e. The monoisotopic (exact) mass is 352 g/mol. The van der Waals surface area contributed by atoms with E-state index in [2.05, 4.69) is 15.9 Å². The molecule has 2 aromatic rings. The minimum Gasteiger partial charge on any atom is -0.457 e. The molecule has 0 aliphatic heterocycles. The van der Waals surface area contributed by atoms with Crippen LogP contribution in [0.4, 0.5) is 0 Å². The van der Waals surface area contributed by atoms with Gasteiger partial charge >= 0.3 is 0 Å². The fourth-order valence-corrected chi connectivity index (χ4v) is 2.08. The maximum atomic E-state index is 12.0. The van der Waals surface area contributed by atoms with Crippen molar-refractivity contribution in [2.75, 3.05) is 0 Å². The molecule has 0 N–H and O–H groups in total. The van der Waals surface area contributed by atoms with Crippen LogP contribution in [0.1, 0.15) is 23.7 Å². The van der Waals surface area contributed by atoms with Crippen LogP contribution in [0.25, 0.3) is 0 Å². The molecule has 0 bridgehead atoms. The Morgan fingerprint density at radius 1 is 1.10 bits per heavy atom. The average molecular weight is 354 g/mol. The number of hydrogen-bond donors (Lipinski definition) is 0. The van der Waals surface area contributed by atoms with Crippen LogP contribution < -0.4 is 4.74 Å². The van der Waals surface area contributed by atoms with Gasteiger partial charge in [0.25, 0.3) is 0 Å². The number of ketones is 1. The van der Waals surface area contributed by atoms with E-state index in [4.69, 9.17) is 16.3 Å². The summed E-state index contributed by atoms with van der Waals surface area (Å²) < 4.78 is 5.67. The van der Waals surface area contributed by atoms with Gasteiger partial charge in [0.2, 0.25) is 0 Å². The smallest absolute Gasteiger partial charge is 0.176 e. The van der Waals surface area contributed by atoms with Crippen LogP contribution in [0, 0.1) is 0 Å². The topological polar surface area (TPSA) is 26.3 Å². The van der Waals surface area contributed by atoms with E-state index in [-0.39, 0.29) is 10.6 Å². The van der Waals surface area contributed by atoms with Crippen molar-refractivity contribution in [1.29, 1.82) is 0 Å². The molecule has 0 aromatic heterocycles. The van der Waals surface area contributed by atoms with Crippen molar-refractivity contribution in [1.82, 2.24) is 0 Å². The normalized spacial score (nSPS) is 11.9. The lowest BCUT2D eigenvalue weighted by atomic mass is 10.1. The van der Waals surface area contributed by atoms with Gasteiger partial charge in [0.05, 0.1) is 4.83 Å². The zero-order valence-electron chi connectivity index (χ0n) is 11.0. The van der Waals surface area contributed by atoms with E-state index in [1.165, 1.54) is 0 Å². The van der Waals surface area contributed by atoms with Crippen LogP contribution in [0.15, 0.2) is 48.5 Å². The number of hydrogen-bond acceptors (Lipinski definition) is 2. The van der Waals surface area contributed by atoms with Crippen molar-refractivity contribution in [3.8, 4) is 11.5 Å². The third-order valence-corrected chi connectivity index (χ3v) is 4.15. The Morgan fingerprint density at radius 3 is 2.10 bits per heavy atom. The van der Waals surface area contributed by atoms with Crippen LogP contribution in [-0.4, -0.2) is 10.6 Å². The van der Waals surface area contributed by atoms with Crippen LogP contribution >= 0.6 is 27.5 Å². The molecule has 0 aliphatic rings. The average Bonchev–Trinajstić information content (AvgIpc) is 2.49. The first-order chi connectivity index (χ1) is 9.60. The predicted octanol–water partition coefficient (Wildman–Crippen LogP) is 5.49. The number of carbonyl (C=O) groups excluding carboxylic acids is 1. The first-order valence-electron chi connectivity index (χ1n) is 6.32. The maximum absolute atomic E-state index is 12.0. The van der Waals surface area contributed by atoms with Gasteiger partial charge in [-0.15, -0.1) is 0 Å². The van der Waals surface area contributed by atoms with E-state index in [1.54, 1.807) is 48.5 Å². The molecule has 1 unspecified atom stereocenters. The van der Waals surface area contributed by atoms with Crippen molar-refractivity contribution in [2.24, 2.45) is 0 Å². The summed E-state index contributed by atoms with van der Waals surface area (Å²) in [5.41, 5.74) is 0.678. The number of ether oxygens (including phenoxy) is 1. The standard InChI is InChI=1S/C16H14BrClO2/c1-2-15(17)16(19)11-3-7-13(8-4-11)20-14-9-5-12(18)6-10-14/h3-10,15H,2H2,1H3. The lowest BCUT2D eigenvalue weighted by Gasteiger charge is -2.08. The van der Waals surface area contributed by atoms with Crippen molar-refractivity contribution >= 4 is 33.3 Å². The second-order valence-electron chi connectivity index (χ2n) is 4.32. The van der Waals surface area contributed by atoms with E-state index in [0.717, 1.165) is 6.42 Å². The SMILES string of the molecule is CCC(Br)C(=O)c1ccc(Oc2ccc(Cl)cc2)cc1. The zero-order chi connectivity index (χ0) is 14.5. The number of alkyl halides is 1. The minimum atomic E-state index is -0.134. The highest BCUT2D eigenvalue weighted by Gasteiger charge is 2.14. The van der Waals surface area contributed by atoms with E-state index < -0.39 is 0 Å². The van der Waals surface area contributed by atoms with Gasteiger partial charge in [-0.25, -0.2) is 0 Å². The second-order valence-corrected chi connectivity index (χ2v) is 5.86. The summed E-state index contributed by atoms with van der Waals surface area (Å²) in [5, 5.41) is 0.668. The molecule has 0 aliphatic carbocycles. The first-order valence-corrected chi connectivity index (χ1v) is 7.61. The van der Waals surface area contributed by atoms with Crippen molar-refractivity contribution in [3.05, 3.63) is 59.1 Å². The summed E-state index contributed by atoms with van der Waals surface area (Å²) >= 11 is 9.18. The molecule has 1 atom stereocenters. The lowest BCUT2D eigenvalue weighted by molar-refractivity contribution is 0.0990. The molecular weight excluding hydrogens is 340 g/mol. The molecule has 0 amide bonds. The number of carbonyl (C=O) groups is 1. The Bertz CT molecular complexity index is 578. The Labute approximate surface area is 131 Å². The number of rotatable bonds is 5. The Balaban J connectivity index is 2.08. The van der Waals surface area contributed by atoms with Crippen molar-refractivity contribution in [2.45, 2.75) is 18.2 Å². The van der Waals surface area contributed by atoms with Gasteiger partial charge in [-0.3, -0.25) is 4.79 Å². The molecule has 104 valence electrons. The zero-order valence-corrected chi connectivity index (χ0v) is 13.3. The summed E-state index contributed by atoms with van der Waals surface area (Å²) in [5.74, 6) is 1.48. The highest BCUT2D eigenvalue weighted by atomic mass is 79.9. The van der Waals surface area contributed by atoms with Crippen LogP contribution in [0.5, 0.6) is 11.5 Å². The molecule has 4 heteroatoms. The van der Waals surface area contributed by atoms with Gasteiger partial charge in [0, 0.05) is 10.6 Å². The molecule has 2 nitrogen and oxygen atoms in total. The highest BCUT2D eigenvalue weighted by molar-refractivity contribution is 9.10. The van der Waals surface area contributed by atoms with E-state index in [1.807, 2.05) is 6.92 Å². The Hall–Kier alpha value is -1.32. The number of halogens is 2. The molecule has 0 heterocycles. The molecule has 0 spiro atoms. The van der Waals surface area contributed by atoms with Crippen LogP contribution in [0.2, 0.25) is 5.02 Å². The summed E-state index contributed by atoms with van der Waals surface area (Å²) in [7, 11) is 0. The molecule has 0 radical (unpaired) electrons. The Kier molecular flexibility index (Phi) is 5.21. The van der Waals surface area contributed by atoms with Crippen molar-refractivity contribution < 1.29 is 9.53 Å². The fourth-order valence-electron chi connectivity index (χ4n) is 1.69. The first kappa shape index (κ1) is 15.1. The molecular formula is C16H14BrClO2. The minimum absolute atomic E-state index is 0.0885. The lowest BCUT2D eigenvalue weighted by Crippen LogP contribution is -2.12. The maximum Gasteiger partial charge on any atom is 0.176 e. The van der Waals surface area contributed by atoms with Crippen LogP contribution in [-0.2, 0) is 0 Å². The summed E-state index contributed by atoms with van der Waals surface area (Å²) in [6.45, 7) is 1.97. The molecule has 0 saturated heterocycles. The van der Waals surface area contributed by atoms with Crippen molar-refractivity contribution in [3.63, 3.8) is 0 Å². The van der Waals surface area contributed by atoms with Gasteiger partial charge in [0.1, 0.15) is 11.5 Å². The summed E-state index contributed by atoms with van der Waals surface area (Å²) in [4.78, 5) is 11.8. The fraction of sp³-hybridized carbons (Fsp3) is 0.188. The summed E-state index contributed by atoms with van der Waals surface area (Å²) in [6, 6.07) is 14.3. The predicted molar refractivity (Wildman–Crippen MR) is 85.3 cm³/mol. The van der Waals surface area contributed by atoms with E-state index >= 15 is 0 Å². The molecule has 20 heavy (non-hydrogen) atoms. The van der Waals surface area contributed by atoms with Gasteiger partial charge in [-0.1, -0.05) is 34.5 Å². The Morgan fingerprint density at radius 2 is 1.60 bits per heavy atom. The van der Waals surface area contributed by atoms with Crippen LogP contribution in [0.3, 0.4) is 0 Å². The third-order valence-electron chi connectivity index (χ3n) is 2.83. The molecule has 2 rings (SSSR count). The second kappa shape index (κ2) is 6.91. The highest BCUT2D eigenvalue weighted by Crippen LogP contribution is 2.24. The summed E-state index contributed by atoms with van der Waals surface area (Å²) in [6.07, 6.45) is 0.766. The molecule has 2 aromatic carbocycles. The molecule has 0 fully saturated rings. The molecule has 0 saturated carbocycles.